The second-order valence-corrected chi connectivity index (χ2v) is 8.37. The van der Waals surface area contributed by atoms with Gasteiger partial charge in [0.25, 0.3) is 5.91 Å². The zero-order valence-corrected chi connectivity index (χ0v) is 18.4. The van der Waals surface area contributed by atoms with E-state index in [2.05, 4.69) is 10.0 Å². The molecule has 0 aliphatic carbocycles. The fourth-order valence-electron chi connectivity index (χ4n) is 2.52. The second-order valence-electron chi connectivity index (χ2n) is 6.66. The lowest BCUT2D eigenvalue weighted by Crippen LogP contribution is -2.32. The summed E-state index contributed by atoms with van der Waals surface area (Å²) < 4.78 is 43.0. The Morgan fingerprint density at radius 2 is 1.70 bits per heavy atom. The van der Waals surface area contributed by atoms with Gasteiger partial charge in [0.2, 0.25) is 10.0 Å². The third-order valence-corrected chi connectivity index (χ3v) is 6.02. The van der Waals surface area contributed by atoms with Gasteiger partial charge in [-0.3, -0.25) is 4.79 Å². The van der Waals surface area contributed by atoms with Crippen LogP contribution in [0.3, 0.4) is 0 Å². The Balaban J connectivity index is 1.86. The zero-order valence-electron chi connectivity index (χ0n) is 17.6. The summed E-state index contributed by atoms with van der Waals surface area (Å²) in [6.07, 6.45) is 0.693. The molecule has 2 rings (SSSR count). The molecule has 2 aromatic carbocycles. The maximum Gasteiger partial charge on any atom is 0.258 e. The van der Waals surface area contributed by atoms with E-state index in [1.807, 2.05) is 13.0 Å². The molecule has 2 N–H and O–H groups in total. The van der Waals surface area contributed by atoms with E-state index >= 15 is 0 Å². The van der Waals surface area contributed by atoms with Crippen LogP contribution in [0, 0.1) is 0 Å². The van der Waals surface area contributed by atoms with Gasteiger partial charge in [-0.1, -0.05) is 13.0 Å². The number of hydrogen-bond acceptors (Lipinski definition) is 6. The number of carbonyl (C=O) groups excluding carboxylic acids is 1. The van der Waals surface area contributed by atoms with Crippen LogP contribution in [-0.2, 0) is 21.4 Å². The summed E-state index contributed by atoms with van der Waals surface area (Å²) in [6, 6.07) is 11.2. The van der Waals surface area contributed by atoms with Crippen molar-refractivity contribution in [1.29, 1.82) is 0 Å². The highest BCUT2D eigenvalue weighted by Crippen LogP contribution is 2.27. The first-order chi connectivity index (χ1) is 14.3. The van der Waals surface area contributed by atoms with E-state index in [0.717, 1.165) is 5.56 Å². The van der Waals surface area contributed by atoms with Crippen molar-refractivity contribution in [1.82, 2.24) is 10.0 Å². The highest BCUT2D eigenvalue weighted by atomic mass is 32.2. The van der Waals surface area contributed by atoms with Crippen LogP contribution in [0.25, 0.3) is 0 Å². The Labute approximate surface area is 177 Å². The number of amides is 1. The molecule has 1 atom stereocenters. The Morgan fingerprint density at radius 3 is 2.30 bits per heavy atom. The lowest BCUT2D eigenvalue weighted by molar-refractivity contribution is -0.123. The molecule has 0 spiro atoms. The summed E-state index contributed by atoms with van der Waals surface area (Å²) in [6.45, 7) is 3.82. The van der Waals surface area contributed by atoms with Crippen LogP contribution in [0.1, 0.15) is 25.8 Å². The molecule has 8 nitrogen and oxygen atoms in total. The van der Waals surface area contributed by atoms with Gasteiger partial charge in [0.15, 0.2) is 18.1 Å². The van der Waals surface area contributed by atoms with Crippen molar-refractivity contribution in [3.8, 4) is 17.2 Å². The number of rotatable bonds is 11. The van der Waals surface area contributed by atoms with Gasteiger partial charge in [0, 0.05) is 12.6 Å². The Hall–Kier alpha value is -2.78. The van der Waals surface area contributed by atoms with Gasteiger partial charge in [-0.05, 0) is 55.3 Å². The number of methoxy groups -OCH3 is 2. The largest absolute Gasteiger partial charge is 0.493 e. The van der Waals surface area contributed by atoms with Crippen LogP contribution in [0.5, 0.6) is 17.2 Å². The van der Waals surface area contributed by atoms with Crippen molar-refractivity contribution in [2.24, 2.45) is 0 Å². The lowest BCUT2D eigenvalue weighted by Gasteiger charge is -2.13. The van der Waals surface area contributed by atoms with Crippen LogP contribution in [0.15, 0.2) is 47.4 Å². The van der Waals surface area contributed by atoms with Crippen LogP contribution in [0.4, 0.5) is 0 Å². The first-order valence-corrected chi connectivity index (χ1v) is 11.0. The highest BCUT2D eigenvalue weighted by molar-refractivity contribution is 7.89. The van der Waals surface area contributed by atoms with Crippen LogP contribution in [0.2, 0.25) is 0 Å². The van der Waals surface area contributed by atoms with Crippen molar-refractivity contribution < 1.29 is 27.4 Å². The van der Waals surface area contributed by atoms with Gasteiger partial charge in [-0.25, -0.2) is 13.1 Å². The van der Waals surface area contributed by atoms with Crippen molar-refractivity contribution in [2.75, 3.05) is 20.8 Å². The van der Waals surface area contributed by atoms with Gasteiger partial charge in [0.05, 0.1) is 19.1 Å². The quantitative estimate of drug-likeness (QED) is 0.561. The molecular weight excluding hydrogens is 408 g/mol. The summed E-state index contributed by atoms with van der Waals surface area (Å²) in [5.41, 5.74) is 0.851. The predicted octanol–water partition coefficient (Wildman–Crippen LogP) is 2.48. The maximum atomic E-state index is 12.3. The molecule has 0 saturated heterocycles. The van der Waals surface area contributed by atoms with E-state index in [-0.39, 0.29) is 23.5 Å². The minimum Gasteiger partial charge on any atom is -0.493 e. The van der Waals surface area contributed by atoms with Gasteiger partial charge in [-0.2, -0.15) is 0 Å². The van der Waals surface area contributed by atoms with E-state index in [1.165, 1.54) is 24.3 Å². The average Bonchev–Trinajstić information content (AvgIpc) is 2.75. The topological polar surface area (TPSA) is 103 Å². The third-order valence-electron chi connectivity index (χ3n) is 4.41. The van der Waals surface area contributed by atoms with Gasteiger partial charge in [-0.15, -0.1) is 0 Å². The minimum absolute atomic E-state index is 0.146. The molecule has 0 aliphatic heterocycles. The average molecular weight is 437 g/mol. The zero-order chi connectivity index (χ0) is 22.1. The molecule has 0 saturated carbocycles. The Morgan fingerprint density at radius 1 is 1.03 bits per heavy atom. The number of hydrogen-bond donors (Lipinski definition) is 2. The Kier molecular flexibility index (Phi) is 8.49. The molecule has 0 heterocycles. The second kappa shape index (κ2) is 10.8. The van der Waals surface area contributed by atoms with Crippen LogP contribution < -0.4 is 24.2 Å². The molecule has 0 fully saturated rings. The lowest BCUT2D eigenvalue weighted by atomic mass is 10.2. The molecule has 1 amide bonds. The summed E-state index contributed by atoms with van der Waals surface area (Å²) in [7, 11) is -0.471. The van der Waals surface area contributed by atoms with Gasteiger partial charge < -0.3 is 19.5 Å². The normalized spacial score (nSPS) is 12.1. The van der Waals surface area contributed by atoms with Crippen molar-refractivity contribution in [3.63, 3.8) is 0 Å². The fourth-order valence-corrected chi connectivity index (χ4v) is 3.85. The summed E-state index contributed by atoms with van der Waals surface area (Å²) in [4.78, 5) is 12.2. The smallest absolute Gasteiger partial charge is 0.258 e. The van der Waals surface area contributed by atoms with Crippen molar-refractivity contribution >= 4 is 15.9 Å². The molecule has 0 bridgehead atoms. The highest BCUT2D eigenvalue weighted by Gasteiger charge is 2.16. The number of sulfonamides is 1. The van der Waals surface area contributed by atoms with Crippen LogP contribution >= 0.6 is 0 Å². The van der Waals surface area contributed by atoms with E-state index in [0.29, 0.717) is 30.2 Å². The SMILES string of the molecule is CCC(C)NS(=O)(=O)c1ccc(OCC(=O)NCc2ccc(OC)c(OC)c2)cc1. The number of ether oxygens (including phenoxy) is 3. The fraction of sp³-hybridized carbons (Fsp3) is 0.381. The number of benzene rings is 2. The van der Waals surface area contributed by atoms with Crippen molar-refractivity contribution in [3.05, 3.63) is 48.0 Å². The molecular formula is C21H28N2O6S. The standard InChI is InChI=1S/C21H28N2O6S/c1-5-15(2)23-30(25,26)18-9-7-17(8-10-18)29-14-21(24)22-13-16-6-11-19(27-3)20(12-16)28-4/h6-12,15,23H,5,13-14H2,1-4H3,(H,22,24). The van der Waals surface area contributed by atoms with Crippen molar-refractivity contribution in [2.45, 2.75) is 37.8 Å². The molecule has 0 aliphatic rings. The first-order valence-electron chi connectivity index (χ1n) is 9.51. The summed E-state index contributed by atoms with van der Waals surface area (Å²) in [5.74, 6) is 1.29. The molecule has 1 unspecified atom stereocenters. The van der Waals surface area contributed by atoms with Gasteiger partial charge >= 0.3 is 0 Å². The summed E-state index contributed by atoms with van der Waals surface area (Å²) in [5, 5.41) is 2.76. The monoisotopic (exact) mass is 436 g/mol. The number of nitrogens with one attached hydrogen (secondary N) is 2. The van der Waals surface area contributed by atoms with Crippen LogP contribution in [-0.4, -0.2) is 41.2 Å². The predicted molar refractivity (Wildman–Crippen MR) is 113 cm³/mol. The summed E-state index contributed by atoms with van der Waals surface area (Å²) >= 11 is 0. The number of carbonyl (C=O) groups is 1. The molecule has 2 aromatic rings. The first kappa shape index (κ1) is 23.5. The molecule has 0 radical (unpaired) electrons. The molecule has 30 heavy (non-hydrogen) atoms. The maximum absolute atomic E-state index is 12.3. The molecule has 9 heteroatoms. The van der Waals surface area contributed by atoms with E-state index in [4.69, 9.17) is 14.2 Å². The molecule has 164 valence electrons. The Bertz CT molecular complexity index is 944. The van der Waals surface area contributed by atoms with E-state index in [9.17, 15) is 13.2 Å². The van der Waals surface area contributed by atoms with E-state index in [1.54, 1.807) is 33.3 Å². The molecule has 0 aromatic heterocycles. The van der Waals surface area contributed by atoms with E-state index < -0.39 is 10.0 Å². The minimum atomic E-state index is -3.57. The third kappa shape index (κ3) is 6.64. The van der Waals surface area contributed by atoms with Gasteiger partial charge in [0.1, 0.15) is 5.75 Å².